The highest BCUT2D eigenvalue weighted by atomic mass is 19.1. The number of anilines is 1. The van der Waals surface area contributed by atoms with Crippen LogP contribution in [0.5, 0.6) is 0 Å². The molecule has 2 atom stereocenters. The summed E-state index contributed by atoms with van der Waals surface area (Å²) in [6, 6.07) is 13.3. The smallest absolute Gasteiger partial charge is 0.243 e. The number of rotatable bonds is 5. The number of para-hydroxylation sites is 1. The summed E-state index contributed by atoms with van der Waals surface area (Å²) in [4.78, 5) is 9.23. The van der Waals surface area contributed by atoms with Crippen LogP contribution in [-0.4, -0.2) is 34.4 Å². The van der Waals surface area contributed by atoms with Gasteiger partial charge in [0, 0.05) is 18.2 Å². The van der Waals surface area contributed by atoms with Crippen molar-refractivity contribution in [3.05, 3.63) is 70.7 Å². The Hall–Kier alpha value is -2.91. The van der Waals surface area contributed by atoms with Gasteiger partial charge in [0.05, 0.1) is 17.9 Å². The van der Waals surface area contributed by atoms with E-state index in [1.807, 2.05) is 25.1 Å². The number of nitrogens with one attached hydrogen (secondary N) is 2. The number of aliphatic hydroxyl groups is 1. The van der Waals surface area contributed by atoms with Crippen LogP contribution in [0.25, 0.3) is 11.3 Å². The molecule has 1 aliphatic rings. The minimum Gasteiger partial charge on any atom is -0.620 e. The first-order valence-corrected chi connectivity index (χ1v) is 9.83. The Morgan fingerprint density at radius 3 is 2.70 bits per heavy atom. The van der Waals surface area contributed by atoms with Gasteiger partial charge in [-0.3, -0.25) is 9.96 Å². The van der Waals surface area contributed by atoms with E-state index in [1.54, 1.807) is 25.1 Å². The van der Waals surface area contributed by atoms with Crippen molar-refractivity contribution in [2.45, 2.75) is 26.4 Å². The lowest BCUT2D eigenvalue weighted by atomic mass is 10.00. The molecule has 3 N–H and O–H groups in total. The zero-order valence-corrected chi connectivity index (χ0v) is 16.9. The summed E-state index contributed by atoms with van der Waals surface area (Å²) in [6.45, 7) is 4.05. The predicted octanol–water partition coefficient (Wildman–Crippen LogP) is 3.58. The maximum atomic E-state index is 14.0. The Kier molecular flexibility index (Phi) is 5.48. The third kappa shape index (κ3) is 3.66. The molecule has 30 heavy (non-hydrogen) atoms. The molecule has 0 fully saturated rings. The Bertz CT molecular complexity index is 1060. The minimum absolute atomic E-state index is 0.108. The van der Waals surface area contributed by atoms with E-state index in [4.69, 9.17) is 0 Å². The number of aliphatic hydroxyl groups excluding tert-OH is 1. The van der Waals surface area contributed by atoms with Crippen molar-refractivity contribution in [2.24, 2.45) is 0 Å². The van der Waals surface area contributed by atoms with E-state index in [0.717, 1.165) is 5.56 Å². The SMILES string of the molecule is Cc1cc(F)ccc1-c1nc(N[C@H](C)CO)nc2c1CNC[N+]2([O-])c1ccccc1. The van der Waals surface area contributed by atoms with E-state index in [2.05, 4.69) is 20.6 Å². The molecular formula is C22H24FN5O2. The third-order valence-electron chi connectivity index (χ3n) is 5.23. The van der Waals surface area contributed by atoms with Crippen LogP contribution in [0, 0.1) is 17.9 Å². The summed E-state index contributed by atoms with van der Waals surface area (Å²) in [7, 11) is 0. The van der Waals surface area contributed by atoms with Crippen LogP contribution < -0.4 is 15.3 Å². The summed E-state index contributed by atoms with van der Waals surface area (Å²) in [5.74, 6) is 0.259. The minimum atomic E-state index is -0.784. The van der Waals surface area contributed by atoms with Gasteiger partial charge < -0.3 is 15.6 Å². The Morgan fingerprint density at radius 2 is 2.00 bits per heavy atom. The normalized spacial score (nSPS) is 19.2. The summed E-state index contributed by atoms with van der Waals surface area (Å²) in [6.07, 6.45) is 0. The number of fused-ring (bicyclic) bond motifs is 1. The maximum Gasteiger partial charge on any atom is 0.243 e. The van der Waals surface area contributed by atoms with Crippen LogP contribution in [0.4, 0.5) is 21.8 Å². The van der Waals surface area contributed by atoms with Gasteiger partial charge in [0.25, 0.3) is 0 Å². The summed E-state index contributed by atoms with van der Waals surface area (Å²) in [5, 5.41) is 29.7. The Balaban J connectivity index is 1.95. The second kappa shape index (κ2) is 8.08. The summed E-state index contributed by atoms with van der Waals surface area (Å²) in [5.41, 5.74) is 3.25. The van der Waals surface area contributed by atoms with Gasteiger partial charge in [-0.15, -0.1) is 0 Å². The molecular weight excluding hydrogens is 385 g/mol. The second-order valence-corrected chi connectivity index (χ2v) is 7.55. The van der Waals surface area contributed by atoms with E-state index in [1.165, 1.54) is 12.1 Å². The first-order valence-electron chi connectivity index (χ1n) is 9.83. The molecule has 2 aromatic carbocycles. The van der Waals surface area contributed by atoms with Crippen molar-refractivity contribution >= 4 is 17.5 Å². The van der Waals surface area contributed by atoms with E-state index in [-0.39, 0.29) is 31.1 Å². The fourth-order valence-corrected chi connectivity index (χ4v) is 3.68. The molecule has 0 bridgehead atoms. The first-order chi connectivity index (χ1) is 14.4. The quantitative estimate of drug-likeness (QED) is 0.441. The van der Waals surface area contributed by atoms with Gasteiger partial charge in [0.15, 0.2) is 0 Å². The molecule has 0 aliphatic carbocycles. The molecule has 1 unspecified atom stereocenters. The van der Waals surface area contributed by atoms with Crippen LogP contribution in [0.3, 0.4) is 0 Å². The van der Waals surface area contributed by atoms with Crippen molar-refractivity contribution in [1.82, 2.24) is 19.9 Å². The lowest BCUT2D eigenvalue weighted by Crippen LogP contribution is -2.50. The average Bonchev–Trinajstić information content (AvgIpc) is 2.74. The molecule has 2 heterocycles. The standard InChI is InChI=1S/C22H24FN5O2/c1-14-10-16(23)8-9-18(14)20-19-11-24-13-28(30,17-6-4-3-5-7-17)21(19)27-22(26-20)25-15(2)12-29/h3-10,15,24,29H,11-13H2,1-2H3,(H,25,26,27)/t15-,28?/m1/s1. The lowest BCUT2D eigenvalue weighted by molar-refractivity contribution is 0.281. The number of hydrogen-bond acceptors (Lipinski definition) is 6. The number of halogens is 1. The van der Waals surface area contributed by atoms with Gasteiger partial charge in [-0.2, -0.15) is 4.98 Å². The molecule has 0 spiro atoms. The van der Waals surface area contributed by atoms with Crippen molar-refractivity contribution < 1.29 is 9.50 Å². The molecule has 0 amide bonds. The van der Waals surface area contributed by atoms with Gasteiger partial charge in [-0.25, -0.2) is 9.37 Å². The van der Waals surface area contributed by atoms with Crippen LogP contribution in [0.15, 0.2) is 48.5 Å². The number of aromatic nitrogens is 2. The van der Waals surface area contributed by atoms with E-state index in [0.29, 0.717) is 34.9 Å². The van der Waals surface area contributed by atoms with Gasteiger partial charge in [0.1, 0.15) is 18.2 Å². The monoisotopic (exact) mass is 409 g/mol. The molecule has 1 aromatic heterocycles. The molecule has 3 aromatic rings. The lowest BCUT2D eigenvalue weighted by Gasteiger charge is -2.44. The van der Waals surface area contributed by atoms with Crippen LogP contribution in [0.2, 0.25) is 0 Å². The van der Waals surface area contributed by atoms with E-state index in [9.17, 15) is 14.7 Å². The fraction of sp³-hybridized carbons (Fsp3) is 0.273. The third-order valence-corrected chi connectivity index (χ3v) is 5.23. The second-order valence-electron chi connectivity index (χ2n) is 7.55. The average molecular weight is 409 g/mol. The highest BCUT2D eigenvalue weighted by molar-refractivity contribution is 5.75. The predicted molar refractivity (Wildman–Crippen MR) is 115 cm³/mol. The van der Waals surface area contributed by atoms with Crippen molar-refractivity contribution in [3.63, 3.8) is 0 Å². The van der Waals surface area contributed by atoms with Crippen LogP contribution in [0.1, 0.15) is 18.1 Å². The van der Waals surface area contributed by atoms with E-state index < -0.39 is 4.65 Å². The van der Waals surface area contributed by atoms with Crippen molar-refractivity contribution in [2.75, 3.05) is 18.6 Å². The Labute approximate surface area is 174 Å². The molecule has 0 saturated carbocycles. The fourth-order valence-electron chi connectivity index (χ4n) is 3.68. The zero-order valence-electron chi connectivity index (χ0n) is 16.9. The van der Waals surface area contributed by atoms with Gasteiger partial charge in [-0.05, 0) is 49.7 Å². The largest absolute Gasteiger partial charge is 0.620 e. The van der Waals surface area contributed by atoms with Gasteiger partial charge in [0.2, 0.25) is 11.8 Å². The van der Waals surface area contributed by atoms with Crippen molar-refractivity contribution in [3.8, 4) is 11.3 Å². The molecule has 0 saturated heterocycles. The maximum absolute atomic E-state index is 14.0. The van der Waals surface area contributed by atoms with Gasteiger partial charge >= 0.3 is 0 Å². The molecule has 4 rings (SSSR count). The number of benzene rings is 2. The number of hydrogen-bond donors (Lipinski definition) is 3. The number of nitrogens with zero attached hydrogens (tertiary/aromatic N) is 3. The van der Waals surface area contributed by atoms with Crippen molar-refractivity contribution in [1.29, 1.82) is 0 Å². The molecule has 7 nitrogen and oxygen atoms in total. The molecule has 156 valence electrons. The zero-order chi connectivity index (χ0) is 21.3. The number of hydroxylamine groups is 1. The van der Waals surface area contributed by atoms with Gasteiger partial charge in [-0.1, -0.05) is 18.2 Å². The first kappa shape index (κ1) is 20.4. The summed E-state index contributed by atoms with van der Waals surface area (Å²) < 4.78 is 12.9. The number of aryl methyl sites for hydroxylation is 1. The number of quaternary nitrogens is 1. The van der Waals surface area contributed by atoms with Crippen LogP contribution in [-0.2, 0) is 6.54 Å². The van der Waals surface area contributed by atoms with E-state index >= 15 is 0 Å². The highest BCUT2D eigenvalue weighted by Crippen LogP contribution is 2.41. The topological polar surface area (TPSA) is 93.1 Å². The molecule has 0 radical (unpaired) electrons. The summed E-state index contributed by atoms with van der Waals surface area (Å²) >= 11 is 0. The van der Waals surface area contributed by atoms with Crippen LogP contribution >= 0.6 is 0 Å². The Morgan fingerprint density at radius 1 is 1.23 bits per heavy atom. The molecule has 1 aliphatic heterocycles. The molecule has 8 heteroatoms. The highest BCUT2D eigenvalue weighted by Gasteiger charge is 2.35.